The summed E-state index contributed by atoms with van der Waals surface area (Å²) in [5, 5.41) is 0. The van der Waals surface area contributed by atoms with E-state index in [1.807, 2.05) is 0 Å². The molecule has 3 aromatic rings. The molecule has 0 spiro atoms. The van der Waals surface area contributed by atoms with Crippen molar-refractivity contribution >= 4 is 44.4 Å². The average molecular weight is 519 g/mol. The van der Waals surface area contributed by atoms with Crippen LogP contribution in [0.3, 0.4) is 0 Å². The van der Waals surface area contributed by atoms with Crippen LogP contribution in [-0.4, -0.2) is 19.9 Å². The highest BCUT2D eigenvalue weighted by atomic mass is 14.8. The molecule has 5 heterocycles. The number of nitrogens with zero attached hydrogens (tertiary/aromatic N) is 2. The Morgan fingerprint density at radius 2 is 1.18 bits per heavy atom. The minimum Gasteiger partial charge on any atom is -0.355 e. The molecule has 0 atom stereocenters. The molecular weight excluding hydrogens is 476 g/mol. The monoisotopic (exact) mass is 518 g/mol. The molecule has 1 aliphatic carbocycles. The van der Waals surface area contributed by atoms with Crippen molar-refractivity contribution in [2.45, 2.75) is 99.8 Å². The SMILES string of the molecule is CCC1=C(C)c2cc3[nH]c(cc4[nH]c(cc5nc6c(c1n2)CCCCCC6=C5C)c(CC)c4C)c(CC)c3C. The number of aromatic nitrogens is 4. The topological polar surface area (TPSA) is 57.4 Å². The van der Waals surface area contributed by atoms with Crippen LogP contribution >= 0.6 is 0 Å². The van der Waals surface area contributed by atoms with Crippen LogP contribution in [0.25, 0.3) is 44.4 Å². The first-order chi connectivity index (χ1) is 18.9. The molecule has 4 nitrogen and oxygen atoms in total. The van der Waals surface area contributed by atoms with Crippen molar-refractivity contribution in [2.24, 2.45) is 0 Å². The Bertz CT molecular complexity index is 1720. The predicted octanol–water partition coefficient (Wildman–Crippen LogP) is 9.44. The van der Waals surface area contributed by atoms with Crippen molar-refractivity contribution in [1.29, 1.82) is 0 Å². The summed E-state index contributed by atoms with van der Waals surface area (Å²) in [6, 6.07) is 6.90. The Balaban J connectivity index is 1.84. The zero-order chi connectivity index (χ0) is 27.4. The standard InChI is InChI=1S/C35H42N4/c1-8-23-19(4)28-16-30-21(6)25(10-3)34(38-30)27-15-13-11-12-14-26-22(7)31(39-35(26)27)18-33-24(9-2)20(5)29(37-33)17-32(23)36-28/h16-18,36-37H,8-15H2,1-7H3. The van der Waals surface area contributed by atoms with Crippen LogP contribution in [-0.2, 0) is 19.3 Å². The maximum Gasteiger partial charge on any atom is 0.0726 e. The fourth-order valence-electron chi connectivity index (χ4n) is 7.08. The number of nitrogens with one attached hydrogen (secondary N) is 2. The van der Waals surface area contributed by atoms with Gasteiger partial charge >= 0.3 is 0 Å². The van der Waals surface area contributed by atoms with E-state index in [2.05, 4.69) is 76.6 Å². The molecule has 0 amide bonds. The Morgan fingerprint density at radius 3 is 1.85 bits per heavy atom. The first kappa shape index (κ1) is 25.9. The van der Waals surface area contributed by atoms with E-state index in [-0.39, 0.29) is 0 Å². The van der Waals surface area contributed by atoms with Crippen molar-refractivity contribution in [1.82, 2.24) is 19.9 Å². The summed E-state index contributed by atoms with van der Waals surface area (Å²) in [6.07, 6.45) is 8.77. The molecule has 8 bridgehead atoms. The van der Waals surface area contributed by atoms with Crippen molar-refractivity contribution in [3.05, 3.63) is 68.8 Å². The van der Waals surface area contributed by atoms with Gasteiger partial charge in [-0.25, -0.2) is 9.97 Å². The molecule has 0 aromatic carbocycles. The lowest BCUT2D eigenvalue weighted by Crippen LogP contribution is -2.02. The number of allylic oxidation sites excluding steroid dienone is 4. The number of rotatable bonds is 3. The van der Waals surface area contributed by atoms with Gasteiger partial charge < -0.3 is 9.97 Å². The van der Waals surface area contributed by atoms with Crippen molar-refractivity contribution < 1.29 is 0 Å². The maximum atomic E-state index is 5.40. The van der Waals surface area contributed by atoms with Crippen molar-refractivity contribution in [3.63, 3.8) is 0 Å². The summed E-state index contributed by atoms with van der Waals surface area (Å²) < 4.78 is 0. The molecule has 202 valence electrons. The maximum absolute atomic E-state index is 5.40. The smallest absolute Gasteiger partial charge is 0.0726 e. The fraction of sp³-hybridized carbons (Fsp3) is 0.429. The number of hydrogen-bond donors (Lipinski definition) is 2. The van der Waals surface area contributed by atoms with Gasteiger partial charge in [0, 0.05) is 27.6 Å². The van der Waals surface area contributed by atoms with Gasteiger partial charge in [0.05, 0.1) is 22.8 Å². The lowest BCUT2D eigenvalue weighted by Gasteiger charge is -2.15. The van der Waals surface area contributed by atoms with E-state index in [9.17, 15) is 0 Å². The minimum absolute atomic E-state index is 0.979. The molecule has 6 rings (SSSR count). The molecule has 0 unspecified atom stereocenters. The third-order valence-electron chi connectivity index (χ3n) is 9.45. The first-order valence-electron chi connectivity index (χ1n) is 15.0. The van der Waals surface area contributed by atoms with Gasteiger partial charge in [-0.1, -0.05) is 27.2 Å². The van der Waals surface area contributed by atoms with E-state index in [4.69, 9.17) is 9.97 Å². The second-order valence-corrected chi connectivity index (χ2v) is 11.5. The van der Waals surface area contributed by atoms with Crippen molar-refractivity contribution in [2.75, 3.05) is 0 Å². The summed E-state index contributed by atoms with van der Waals surface area (Å²) >= 11 is 0. The van der Waals surface area contributed by atoms with Gasteiger partial charge in [0.1, 0.15) is 0 Å². The van der Waals surface area contributed by atoms with Crippen LogP contribution in [0, 0.1) is 13.8 Å². The van der Waals surface area contributed by atoms with E-state index in [1.165, 1.54) is 103 Å². The van der Waals surface area contributed by atoms with Crippen LogP contribution in [0.5, 0.6) is 0 Å². The summed E-state index contributed by atoms with van der Waals surface area (Å²) in [7, 11) is 0. The molecule has 3 aromatic heterocycles. The van der Waals surface area contributed by atoms with Crippen LogP contribution < -0.4 is 0 Å². The van der Waals surface area contributed by atoms with Gasteiger partial charge in [-0.15, -0.1) is 0 Å². The zero-order valence-electron chi connectivity index (χ0n) is 24.8. The van der Waals surface area contributed by atoms with Gasteiger partial charge in [-0.05, 0) is 135 Å². The molecular formula is C35H42N4. The minimum atomic E-state index is 0.979. The van der Waals surface area contributed by atoms with E-state index in [0.717, 1.165) is 43.5 Å². The summed E-state index contributed by atoms with van der Waals surface area (Å²) in [6.45, 7) is 15.8. The summed E-state index contributed by atoms with van der Waals surface area (Å²) in [5.41, 5.74) is 21.5. The van der Waals surface area contributed by atoms with Gasteiger partial charge in [-0.2, -0.15) is 0 Å². The molecule has 4 heteroatoms. The number of hydrogen-bond acceptors (Lipinski definition) is 2. The van der Waals surface area contributed by atoms with E-state index in [1.54, 1.807) is 0 Å². The Kier molecular flexibility index (Phi) is 6.61. The number of aromatic amines is 2. The Hall–Kier alpha value is -3.40. The Labute approximate surface area is 232 Å². The molecule has 2 N–H and O–H groups in total. The van der Waals surface area contributed by atoms with E-state index < -0.39 is 0 Å². The van der Waals surface area contributed by atoms with Crippen molar-refractivity contribution in [3.8, 4) is 0 Å². The summed E-state index contributed by atoms with van der Waals surface area (Å²) in [4.78, 5) is 18.4. The molecule has 3 aliphatic rings. The number of aryl methyl sites for hydroxylation is 4. The molecule has 0 saturated carbocycles. The molecule has 0 radical (unpaired) electrons. The summed E-state index contributed by atoms with van der Waals surface area (Å²) in [5.74, 6) is 0. The average Bonchev–Trinajstić information content (AvgIpc) is 3.57. The Morgan fingerprint density at radius 1 is 0.615 bits per heavy atom. The first-order valence-corrected chi connectivity index (χ1v) is 15.0. The predicted molar refractivity (Wildman–Crippen MR) is 167 cm³/mol. The fourth-order valence-corrected chi connectivity index (χ4v) is 7.08. The van der Waals surface area contributed by atoms with Gasteiger partial charge in [0.25, 0.3) is 0 Å². The van der Waals surface area contributed by atoms with Gasteiger partial charge in [0.2, 0.25) is 0 Å². The largest absolute Gasteiger partial charge is 0.355 e. The van der Waals surface area contributed by atoms with E-state index >= 15 is 0 Å². The van der Waals surface area contributed by atoms with Gasteiger partial charge in [-0.3, -0.25) is 0 Å². The van der Waals surface area contributed by atoms with Crippen LogP contribution in [0.2, 0.25) is 0 Å². The van der Waals surface area contributed by atoms with Crippen LogP contribution in [0.15, 0.2) is 18.2 Å². The third kappa shape index (κ3) is 4.11. The van der Waals surface area contributed by atoms with Crippen LogP contribution in [0.4, 0.5) is 0 Å². The lowest BCUT2D eigenvalue weighted by molar-refractivity contribution is 0.677. The van der Waals surface area contributed by atoms with Gasteiger partial charge in [0.15, 0.2) is 0 Å². The molecule has 0 fully saturated rings. The van der Waals surface area contributed by atoms with E-state index in [0.29, 0.717) is 0 Å². The third-order valence-corrected chi connectivity index (χ3v) is 9.45. The zero-order valence-corrected chi connectivity index (χ0v) is 24.8. The normalized spacial score (nSPS) is 15.7. The second-order valence-electron chi connectivity index (χ2n) is 11.5. The van der Waals surface area contributed by atoms with Crippen LogP contribution in [0.1, 0.15) is 117 Å². The molecule has 39 heavy (non-hydrogen) atoms. The quantitative estimate of drug-likeness (QED) is 0.363. The lowest BCUT2D eigenvalue weighted by atomic mass is 9.89. The molecule has 2 aliphatic heterocycles. The highest BCUT2D eigenvalue weighted by Gasteiger charge is 2.26. The molecule has 0 saturated heterocycles. The number of H-pyrrole nitrogens is 2. The highest BCUT2D eigenvalue weighted by Crippen LogP contribution is 2.42. The highest BCUT2D eigenvalue weighted by molar-refractivity contribution is 5.97. The second kappa shape index (κ2) is 9.97. The number of fused-ring (bicyclic) bond motifs is 8.